The summed E-state index contributed by atoms with van der Waals surface area (Å²) in [7, 11) is 2.23. The van der Waals surface area contributed by atoms with Crippen LogP contribution in [0, 0.1) is 5.92 Å². The van der Waals surface area contributed by atoms with Crippen molar-refractivity contribution in [2.24, 2.45) is 5.92 Å². The van der Waals surface area contributed by atoms with Crippen LogP contribution in [0.2, 0.25) is 0 Å². The fraction of sp³-hybridized carbons (Fsp3) is 0.692. The number of piperidine rings is 1. The van der Waals surface area contributed by atoms with Crippen molar-refractivity contribution in [3.05, 3.63) is 22.4 Å². The third kappa shape index (κ3) is 2.84. The molecule has 0 amide bonds. The largest absolute Gasteiger partial charge is 0.310 e. The second-order valence-corrected chi connectivity index (χ2v) is 5.90. The van der Waals surface area contributed by atoms with Gasteiger partial charge in [0.1, 0.15) is 0 Å². The normalized spacial score (nSPS) is 31.8. The molecule has 2 heterocycles. The van der Waals surface area contributed by atoms with Gasteiger partial charge in [0.15, 0.2) is 0 Å². The van der Waals surface area contributed by atoms with Crippen molar-refractivity contribution in [3.8, 4) is 0 Å². The Morgan fingerprint density at radius 1 is 1.50 bits per heavy atom. The van der Waals surface area contributed by atoms with Crippen molar-refractivity contribution in [3.63, 3.8) is 0 Å². The summed E-state index contributed by atoms with van der Waals surface area (Å²) in [6, 6.07) is 3.59. The van der Waals surface area contributed by atoms with Crippen LogP contribution in [0.15, 0.2) is 16.8 Å². The molecule has 3 heteroatoms. The van der Waals surface area contributed by atoms with Crippen molar-refractivity contribution in [2.75, 3.05) is 13.6 Å². The molecular weight excluding hydrogens is 216 g/mol. The topological polar surface area (TPSA) is 15.3 Å². The first kappa shape index (κ1) is 12.1. The van der Waals surface area contributed by atoms with Crippen molar-refractivity contribution in [1.82, 2.24) is 10.2 Å². The molecular formula is C13H22N2S. The smallest absolute Gasteiger partial charge is 0.0216 e. The van der Waals surface area contributed by atoms with Crippen molar-refractivity contribution in [2.45, 2.75) is 38.9 Å². The summed E-state index contributed by atoms with van der Waals surface area (Å²) in [5, 5.41) is 8.09. The van der Waals surface area contributed by atoms with E-state index in [4.69, 9.17) is 0 Å². The van der Waals surface area contributed by atoms with E-state index in [0.29, 0.717) is 12.1 Å². The Morgan fingerprint density at radius 2 is 2.31 bits per heavy atom. The van der Waals surface area contributed by atoms with E-state index < -0.39 is 0 Å². The molecule has 1 aromatic heterocycles. The van der Waals surface area contributed by atoms with Crippen LogP contribution in [0.25, 0.3) is 0 Å². The Kier molecular flexibility index (Phi) is 4.00. The highest BCUT2D eigenvalue weighted by molar-refractivity contribution is 7.07. The number of nitrogens with zero attached hydrogens (tertiary/aromatic N) is 1. The maximum atomic E-state index is 3.70. The van der Waals surface area contributed by atoms with Gasteiger partial charge in [-0.1, -0.05) is 6.92 Å². The number of rotatable bonds is 3. The molecule has 0 spiro atoms. The van der Waals surface area contributed by atoms with Gasteiger partial charge in [-0.25, -0.2) is 0 Å². The predicted octanol–water partition coefficient (Wildman–Crippen LogP) is 2.57. The standard InChI is InChI=1S/C13H22N2S/c1-10-8-15(3)11(2)6-13(10)14-7-12-4-5-16-9-12/h4-5,9-11,13-14H,6-8H2,1-3H3. The van der Waals surface area contributed by atoms with Crippen LogP contribution in [0.1, 0.15) is 25.8 Å². The first-order chi connectivity index (χ1) is 7.66. The van der Waals surface area contributed by atoms with Gasteiger partial charge in [-0.15, -0.1) is 0 Å². The van der Waals surface area contributed by atoms with E-state index >= 15 is 0 Å². The van der Waals surface area contributed by atoms with Gasteiger partial charge in [-0.2, -0.15) is 11.3 Å². The molecule has 2 rings (SSSR count). The minimum absolute atomic E-state index is 0.672. The summed E-state index contributed by atoms with van der Waals surface area (Å²) < 4.78 is 0. The zero-order valence-corrected chi connectivity index (χ0v) is 11.3. The Hall–Kier alpha value is -0.380. The average molecular weight is 238 g/mol. The second kappa shape index (κ2) is 5.30. The molecule has 1 aliphatic rings. The fourth-order valence-corrected chi connectivity index (χ4v) is 3.14. The lowest BCUT2D eigenvalue weighted by Gasteiger charge is -2.40. The summed E-state index contributed by atoms with van der Waals surface area (Å²) in [6.45, 7) is 6.91. The van der Waals surface area contributed by atoms with Gasteiger partial charge in [0.25, 0.3) is 0 Å². The molecule has 1 saturated heterocycles. The minimum Gasteiger partial charge on any atom is -0.310 e. The molecule has 0 saturated carbocycles. The summed E-state index contributed by atoms with van der Waals surface area (Å²) in [4.78, 5) is 2.47. The lowest BCUT2D eigenvalue weighted by Crippen LogP contribution is -2.50. The highest BCUT2D eigenvalue weighted by atomic mass is 32.1. The van der Waals surface area contributed by atoms with Crippen LogP contribution >= 0.6 is 11.3 Å². The molecule has 0 radical (unpaired) electrons. The zero-order chi connectivity index (χ0) is 11.5. The molecule has 0 aromatic carbocycles. The van der Waals surface area contributed by atoms with Crippen LogP contribution in [0.3, 0.4) is 0 Å². The Morgan fingerprint density at radius 3 is 3.00 bits per heavy atom. The molecule has 16 heavy (non-hydrogen) atoms. The van der Waals surface area contributed by atoms with Crippen molar-refractivity contribution >= 4 is 11.3 Å². The van der Waals surface area contributed by atoms with Crippen LogP contribution in [-0.2, 0) is 6.54 Å². The molecule has 0 bridgehead atoms. The quantitative estimate of drug-likeness (QED) is 0.870. The molecule has 0 aliphatic carbocycles. The van der Waals surface area contributed by atoms with Crippen LogP contribution < -0.4 is 5.32 Å². The monoisotopic (exact) mass is 238 g/mol. The molecule has 1 fully saturated rings. The highest BCUT2D eigenvalue weighted by Crippen LogP contribution is 2.21. The molecule has 3 unspecified atom stereocenters. The van der Waals surface area contributed by atoms with Gasteiger partial charge in [0, 0.05) is 25.2 Å². The maximum Gasteiger partial charge on any atom is 0.0216 e. The summed E-state index contributed by atoms with van der Waals surface area (Å²) in [5.41, 5.74) is 1.42. The molecule has 90 valence electrons. The molecule has 2 nitrogen and oxygen atoms in total. The summed E-state index contributed by atoms with van der Waals surface area (Å²) in [5.74, 6) is 0.750. The SMILES string of the molecule is CC1CN(C)C(C)CC1NCc1ccsc1. The Balaban J connectivity index is 1.85. The van der Waals surface area contributed by atoms with Gasteiger partial charge >= 0.3 is 0 Å². The number of likely N-dealkylation sites (tertiary alicyclic amines) is 1. The van der Waals surface area contributed by atoms with Crippen LogP contribution in [0.5, 0.6) is 0 Å². The van der Waals surface area contributed by atoms with Gasteiger partial charge in [0.2, 0.25) is 0 Å². The Labute approximate surface area is 103 Å². The second-order valence-electron chi connectivity index (χ2n) is 5.12. The number of nitrogens with one attached hydrogen (secondary N) is 1. The minimum atomic E-state index is 0.672. The van der Waals surface area contributed by atoms with Crippen LogP contribution in [0.4, 0.5) is 0 Å². The fourth-order valence-electron chi connectivity index (χ4n) is 2.47. The Bertz CT molecular complexity index is 310. The van der Waals surface area contributed by atoms with E-state index in [1.807, 2.05) is 0 Å². The van der Waals surface area contributed by atoms with E-state index in [9.17, 15) is 0 Å². The number of thiophene rings is 1. The predicted molar refractivity (Wildman–Crippen MR) is 70.8 cm³/mol. The van der Waals surface area contributed by atoms with Gasteiger partial charge in [-0.3, -0.25) is 0 Å². The van der Waals surface area contributed by atoms with Crippen molar-refractivity contribution in [1.29, 1.82) is 0 Å². The lowest BCUT2D eigenvalue weighted by molar-refractivity contribution is 0.121. The summed E-state index contributed by atoms with van der Waals surface area (Å²) >= 11 is 1.78. The van der Waals surface area contributed by atoms with E-state index in [-0.39, 0.29) is 0 Å². The van der Waals surface area contributed by atoms with E-state index in [0.717, 1.165) is 12.5 Å². The van der Waals surface area contributed by atoms with Gasteiger partial charge < -0.3 is 10.2 Å². The number of hydrogen-bond donors (Lipinski definition) is 1. The van der Waals surface area contributed by atoms with Crippen LogP contribution in [-0.4, -0.2) is 30.6 Å². The third-order valence-corrected chi connectivity index (χ3v) is 4.49. The van der Waals surface area contributed by atoms with Crippen molar-refractivity contribution < 1.29 is 0 Å². The first-order valence-corrected chi connectivity index (χ1v) is 7.06. The maximum absolute atomic E-state index is 3.70. The highest BCUT2D eigenvalue weighted by Gasteiger charge is 2.28. The van der Waals surface area contributed by atoms with Gasteiger partial charge in [-0.05, 0) is 48.7 Å². The summed E-state index contributed by atoms with van der Waals surface area (Å²) in [6.07, 6.45) is 1.27. The van der Waals surface area contributed by atoms with E-state index in [1.165, 1.54) is 18.5 Å². The zero-order valence-electron chi connectivity index (χ0n) is 10.4. The van der Waals surface area contributed by atoms with E-state index in [2.05, 4.69) is 47.9 Å². The molecule has 3 atom stereocenters. The molecule has 1 N–H and O–H groups in total. The average Bonchev–Trinajstić information content (AvgIpc) is 2.74. The van der Waals surface area contributed by atoms with E-state index in [1.54, 1.807) is 11.3 Å². The third-order valence-electron chi connectivity index (χ3n) is 3.76. The lowest BCUT2D eigenvalue weighted by atomic mass is 9.90. The van der Waals surface area contributed by atoms with Gasteiger partial charge in [0.05, 0.1) is 0 Å². The molecule has 1 aliphatic heterocycles. The number of hydrogen-bond acceptors (Lipinski definition) is 3. The molecule has 1 aromatic rings. The first-order valence-electron chi connectivity index (χ1n) is 6.11.